The number of amides is 1. The average molecular weight is 461 g/mol. The fourth-order valence-corrected chi connectivity index (χ4v) is 3.28. The lowest BCUT2D eigenvalue weighted by molar-refractivity contribution is 0.0950. The highest BCUT2D eigenvalue weighted by atomic mass is 16.5. The van der Waals surface area contributed by atoms with Crippen LogP contribution in [-0.2, 0) is 18.0 Å². The van der Waals surface area contributed by atoms with Gasteiger partial charge in [0.05, 0.1) is 5.69 Å². The molecule has 0 aliphatic heterocycles. The molecule has 0 unspecified atom stereocenters. The number of pyridine rings is 1. The molecule has 0 aliphatic rings. The van der Waals surface area contributed by atoms with E-state index in [1.165, 1.54) is 7.11 Å². The first-order chi connectivity index (χ1) is 16.5. The van der Waals surface area contributed by atoms with Gasteiger partial charge in [0.15, 0.2) is 22.8 Å². The van der Waals surface area contributed by atoms with Crippen LogP contribution in [0.15, 0.2) is 53.1 Å². The number of hydrogen-bond donors (Lipinski definition) is 3. The molecule has 0 saturated heterocycles. The van der Waals surface area contributed by atoms with E-state index in [1.807, 2.05) is 13.0 Å². The molecule has 4 aromatic rings. The zero-order valence-electron chi connectivity index (χ0n) is 18.7. The summed E-state index contributed by atoms with van der Waals surface area (Å²) in [5.41, 5.74) is 1.03. The second-order valence-corrected chi connectivity index (χ2v) is 7.23. The number of fused-ring (bicyclic) bond motifs is 1. The van der Waals surface area contributed by atoms with Gasteiger partial charge in [-0.25, -0.2) is 4.98 Å². The number of aromatic nitrogens is 4. The number of nitrogens with zero attached hydrogens (tertiary/aromatic N) is 4. The molecule has 0 atom stereocenters. The van der Waals surface area contributed by atoms with E-state index in [4.69, 9.17) is 24.8 Å². The first-order valence-electron chi connectivity index (χ1n) is 10.5. The lowest BCUT2D eigenvalue weighted by Crippen LogP contribution is -2.31. The van der Waals surface area contributed by atoms with Crippen LogP contribution in [0, 0.1) is 10.8 Å². The minimum atomic E-state index is -0.266. The summed E-state index contributed by atoms with van der Waals surface area (Å²) in [6.07, 6.45) is 0. The third-order valence-electron chi connectivity index (χ3n) is 4.85. The molecule has 0 saturated carbocycles. The van der Waals surface area contributed by atoms with Crippen molar-refractivity contribution >= 4 is 22.5 Å². The Balaban J connectivity index is 1.67. The maximum absolute atomic E-state index is 12.1. The second-order valence-electron chi connectivity index (χ2n) is 7.23. The quantitative estimate of drug-likeness (QED) is 0.269. The van der Waals surface area contributed by atoms with Crippen LogP contribution in [0.3, 0.4) is 0 Å². The highest BCUT2D eigenvalue weighted by Gasteiger charge is 2.17. The molecule has 0 bridgehead atoms. The van der Waals surface area contributed by atoms with Crippen molar-refractivity contribution in [3.8, 4) is 5.88 Å². The predicted octanol–water partition coefficient (Wildman–Crippen LogP) is 2.25. The van der Waals surface area contributed by atoms with Crippen LogP contribution in [0.25, 0.3) is 10.8 Å². The summed E-state index contributed by atoms with van der Waals surface area (Å²) >= 11 is 0. The molecule has 3 heterocycles. The maximum Gasteiger partial charge on any atom is 0.269 e. The van der Waals surface area contributed by atoms with Crippen molar-refractivity contribution in [1.29, 1.82) is 10.8 Å². The molecular formula is C23H23N7O4. The van der Waals surface area contributed by atoms with Gasteiger partial charge >= 0.3 is 0 Å². The van der Waals surface area contributed by atoms with Gasteiger partial charge in [0, 0.05) is 30.5 Å². The minimum absolute atomic E-state index is 0.000556. The molecule has 0 aliphatic carbocycles. The van der Waals surface area contributed by atoms with Gasteiger partial charge in [-0.05, 0) is 25.1 Å². The smallest absolute Gasteiger partial charge is 0.269 e. The number of carbonyl (C=O) groups excluding carboxylic acids is 1. The highest BCUT2D eigenvalue weighted by Crippen LogP contribution is 2.21. The van der Waals surface area contributed by atoms with Gasteiger partial charge in [0.25, 0.3) is 5.91 Å². The van der Waals surface area contributed by atoms with Gasteiger partial charge in [0.2, 0.25) is 5.88 Å². The number of benzene rings is 1. The zero-order valence-corrected chi connectivity index (χ0v) is 18.7. The van der Waals surface area contributed by atoms with E-state index in [1.54, 1.807) is 42.5 Å². The summed E-state index contributed by atoms with van der Waals surface area (Å²) in [4.78, 5) is 16.4. The number of ether oxygens (including phenoxy) is 2. The summed E-state index contributed by atoms with van der Waals surface area (Å²) in [6.45, 7) is 2.58. The molecule has 1 aromatic carbocycles. The van der Waals surface area contributed by atoms with E-state index in [9.17, 15) is 4.79 Å². The van der Waals surface area contributed by atoms with Crippen molar-refractivity contribution in [1.82, 2.24) is 25.2 Å². The monoisotopic (exact) mass is 461 g/mol. The summed E-state index contributed by atoms with van der Waals surface area (Å²) < 4.78 is 17.3. The fourth-order valence-electron chi connectivity index (χ4n) is 3.28. The Morgan fingerprint density at radius 1 is 1.12 bits per heavy atom. The van der Waals surface area contributed by atoms with E-state index in [0.29, 0.717) is 28.8 Å². The SMILES string of the molecule is CCNC(=O)c1cccc(COc2nn(C(=N)c3cc(COC)on3)c(=N)c3ccccc23)n1. The molecule has 11 nitrogen and oxygen atoms in total. The molecule has 0 spiro atoms. The number of hydrogen-bond acceptors (Lipinski definition) is 9. The van der Waals surface area contributed by atoms with Crippen LogP contribution < -0.4 is 15.5 Å². The largest absolute Gasteiger partial charge is 0.470 e. The van der Waals surface area contributed by atoms with Crippen molar-refractivity contribution in [2.75, 3.05) is 13.7 Å². The Hall–Kier alpha value is -4.38. The van der Waals surface area contributed by atoms with Crippen molar-refractivity contribution in [3.63, 3.8) is 0 Å². The Morgan fingerprint density at radius 2 is 1.91 bits per heavy atom. The molecule has 0 radical (unpaired) electrons. The van der Waals surface area contributed by atoms with Crippen LogP contribution >= 0.6 is 0 Å². The lowest BCUT2D eigenvalue weighted by Gasteiger charge is -2.13. The number of carbonyl (C=O) groups is 1. The Labute approximate surface area is 194 Å². The Morgan fingerprint density at radius 3 is 2.68 bits per heavy atom. The van der Waals surface area contributed by atoms with E-state index >= 15 is 0 Å². The van der Waals surface area contributed by atoms with Crippen molar-refractivity contribution < 1.29 is 18.8 Å². The molecule has 4 rings (SSSR count). The summed E-state index contributed by atoms with van der Waals surface area (Å²) in [5, 5.41) is 29.3. The molecular weight excluding hydrogens is 438 g/mol. The van der Waals surface area contributed by atoms with Crippen molar-refractivity contribution in [3.05, 3.63) is 76.9 Å². The fraction of sp³-hybridized carbons (Fsp3) is 0.217. The molecule has 11 heteroatoms. The molecule has 0 fully saturated rings. The predicted molar refractivity (Wildman–Crippen MR) is 122 cm³/mol. The third-order valence-corrected chi connectivity index (χ3v) is 4.85. The molecule has 3 aromatic heterocycles. The van der Waals surface area contributed by atoms with Crippen LogP contribution in [0.4, 0.5) is 0 Å². The topological polar surface area (TPSA) is 152 Å². The first-order valence-corrected chi connectivity index (χ1v) is 10.5. The van der Waals surface area contributed by atoms with E-state index in [0.717, 1.165) is 4.68 Å². The highest BCUT2D eigenvalue weighted by molar-refractivity contribution is 5.97. The van der Waals surface area contributed by atoms with E-state index < -0.39 is 0 Å². The van der Waals surface area contributed by atoms with Crippen LogP contribution in [-0.4, -0.2) is 45.3 Å². The first kappa shape index (κ1) is 22.8. The van der Waals surface area contributed by atoms with Gasteiger partial charge in [0.1, 0.15) is 18.9 Å². The van der Waals surface area contributed by atoms with Gasteiger partial charge in [-0.2, -0.15) is 4.68 Å². The molecule has 1 amide bonds. The zero-order chi connectivity index (χ0) is 24.1. The van der Waals surface area contributed by atoms with Gasteiger partial charge in [-0.15, -0.1) is 5.10 Å². The van der Waals surface area contributed by atoms with Gasteiger partial charge in [-0.3, -0.25) is 15.6 Å². The van der Waals surface area contributed by atoms with Gasteiger partial charge in [-0.1, -0.05) is 29.4 Å². The van der Waals surface area contributed by atoms with Crippen molar-refractivity contribution in [2.45, 2.75) is 20.1 Å². The maximum atomic E-state index is 12.1. The third kappa shape index (κ3) is 4.69. The van der Waals surface area contributed by atoms with Gasteiger partial charge < -0.3 is 19.3 Å². The Kier molecular flexibility index (Phi) is 6.74. The molecule has 174 valence electrons. The summed E-state index contributed by atoms with van der Waals surface area (Å²) in [6, 6.07) is 13.8. The van der Waals surface area contributed by atoms with Crippen LogP contribution in [0.1, 0.15) is 34.6 Å². The van der Waals surface area contributed by atoms with E-state index in [2.05, 4.69) is 20.6 Å². The second kappa shape index (κ2) is 10.0. The van der Waals surface area contributed by atoms with Crippen LogP contribution in [0.5, 0.6) is 5.88 Å². The minimum Gasteiger partial charge on any atom is -0.470 e. The van der Waals surface area contributed by atoms with Crippen molar-refractivity contribution in [2.24, 2.45) is 0 Å². The Bertz CT molecular complexity index is 1410. The summed E-state index contributed by atoms with van der Waals surface area (Å²) in [7, 11) is 1.53. The normalized spacial score (nSPS) is 10.9. The van der Waals surface area contributed by atoms with E-state index in [-0.39, 0.29) is 47.7 Å². The molecule has 34 heavy (non-hydrogen) atoms. The number of nitrogens with one attached hydrogen (secondary N) is 3. The molecule has 3 N–H and O–H groups in total. The standard InChI is InChI=1S/C23H23N7O4/c1-3-26-22(31)18-10-6-7-14(27-18)12-33-23-17-9-5-4-8-16(17)20(24)30(28-23)21(25)19-11-15(13-32-2)34-29-19/h4-11,24-25H,3,12-13H2,1-2H3,(H,26,31). The lowest BCUT2D eigenvalue weighted by atomic mass is 10.2. The average Bonchev–Trinajstić information content (AvgIpc) is 3.33. The summed E-state index contributed by atoms with van der Waals surface area (Å²) in [5.74, 6) is 0.244. The number of rotatable bonds is 8. The van der Waals surface area contributed by atoms with Crippen LogP contribution in [0.2, 0.25) is 0 Å². The number of methoxy groups -OCH3 is 1.